The van der Waals surface area contributed by atoms with Crippen LogP contribution < -0.4 is 10.5 Å². The van der Waals surface area contributed by atoms with Gasteiger partial charge in [-0.25, -0.2) is 0 Å². The van der Waals surface area contributed by atoms with Crippen LogP contribution in [0.3, 0.4) is 0 Å². The lowest BCUT2D eigenvalue weighted by Crippen LogP contribution is -2.20. The highest BCUT2D eigenvalue weighted by molar-refractivity contribution is 5.42. The third-order valence-corrected chi connectivity index (χ3v) is 3.38. The van der Waals surface area contributed by atoms with Gasteiger partial charge in [-0.15, -0.1) is 0 Å². The summed E-state index contributed by atoms with van der Waals surface area (Å²) in [6, 6.07) is 8.23. The predicted molar refractivity (Wildman–Crippen MR) is 59.8 cm³/mol. The monoisotopic (exact) mass is 203 g/mol. The summed E-state index contributed by atoms with van der Waals surface area (Å²) >= 11 is 0. The molecule has 1 aromatic rings. The van der Waals surface area contributed by atoms with E-state index in [1.165, 1.54) is 18.4 Å². The van der Waals surface area contributed by atoms with Crippen molar-refractivity contribution in [2.75, 3.05) is 6.61 Å². The molecule has 0 bridgehead atoms. The van der Waals surface area contributed by atoms with Gasteiger partial charge in [0.15, 0.2) is 0 Å². The van der Waals surface area contributed by atoms with Gasteiger partial charge in [0.1, 0.15) is 5.75 Å². The van der Waals surface area contributed by atoms with Gasteiger partial charge in [0.25, 0.3) is 0 Å². The molecular weight excluding hydrogens is 186 g/mol. The van der Waals surface area contributed by atoms with Crippen LogP contribution in [0, 0.1) is 5.92 Å². The number of rotatable bonds is 4. The molecule has 2 aliphatic carbocycles. The molecule has 0 radical (unpaired) electrons. The number of hydrogen-bond acceptors (Lipinski definition) is 2. The van der Waals surface area contributed by atoms with Crippen molar-refractivity contribution in [3.05, 3.63) is 29.8 Å². The second-order valence-corrected chi connectivity index (χ2v) is 4.91. The molecule has 2 heteroatoms. The van der Waals surface area contributed by atoms with E-state index in [1.807, 2.05) is 18.2 Å². The zero-order chi connectivity index (χ0) is 10.3. The van der Waals surface area contributed by atoms with Crippen LogP contribution >= 0.6 is 0 Å². The molecule has 80 valence electrons. The highest BCUT2D eigenvalue weighted by Gasteiger charge is 2.42. The van der Waals surface area contributed by atoms with Crippen molar-refractivity contribution in [1.29, 1.82) is 0 Å². The Hall–Kier alpha value is -1.02. The molecule has 0 amide bonds. The molecule has 2 aliphatic rings. The highest BCUT2D eigenvalue weighted by atomic mass is 16.5. The van der Waals surface area contributed by atoms with Crippen LogP contribution in [0.2, 0.25) is 0 Å². The first-order valence-corrected chi connectivity index (χ1v) is 5.79. The Morgan fingerprint density at radius 1 is 1.27 bits per heavy atom. The summed E-state index contributed by atoms with van der Waals surface area (Å²) in [6.07, 6.45) is 4.85. The van der Waals surface area contributed by atoms with E-state index in [0.717, 1.165) is 31.1 Å². The quantitative estimate of drug-likeness (QED) is 0.815. The van der Waals surface area contributed by atoms with E-state index in [2.05, 4.69) is 6.07 Å². The Morgan fingerprint density at radius 2 is 2.00 bits per heavy atom. The molecule has 2 N–H and O–H groups in total. The Bertz CT molecular complexity index is 367. The highest BCUT2D eigenvalue weighted by Crippen LogP contribution is 2.46. The molecule has 2 fully saturated rings. The van der Waals surface area contributed by atoms with Crippen LogP contribution in [0.15, 0.2) is 24.3 Å². The van der Waals surface area contributed by atoms with Gasteiger partial charge in [0, 0.05) is 11.1 Å². The maximum absolute atomic E-state index is 6.21. The van der Waals surface area contributed by atoms with Crippen molar-refractivity contribution in [2.24, 2.45) is 11.7 Å². The molecule has 15 heavy (non-hydrogen) atoms. The predicted octanol–water partition coefficient (Wildman–Crippen LogP) is 2.42. The van der Waals surface area contributed by atoms with E-state index < -0.39 is 0 Å². The van der Waals surface area contributed by atoms with Crippen molar-refractivity contribution in [2.45, 2.75) is 31.2 Å². The number of ether oxygens (including phenoxy) is 1. The minimum atomic E-state index is -0.0832. The largest absolute Gasteiger partial charge is 0.493 e. The lowest BCUT2D eigenvalue weighted by molar-refractivity contribution is 0.294. The van der Waals surface area contributed by atoms with Crippen molar-refractivity contribution in [1.82, 2.24) is 0 Å². The topological polar surface area (TPSA) is 35.2 Å². The normalized spacial score (nSPS) is 22.5. The third-order valence-electron chi connectivity index (χ3n) is 3.38. The fraction of sp³-hybridized carbons (Fsp3) is 0.538. The molecule has 0 saturated heterocycles. The van der Waals surface area contributed by atoms with E-state index >= 15 is 0 Å². The van der Waals surface area contributed by atoms with Crippen molar-refractivity contribution in [3.63, 3.8) is 0 Å². The summed E-state index contributed by atoms with van der Waals surface area (Å²) in [5.74, 6) is 1.80. The zero-order valence-electron chi connectivity index (χ0n) is 8.91. The van der Waals surface area contributed by atoms with Gasteiger partial charge >= 0.3 is 0 Å². The van der Waals surface area contributed by atoms with Crippen molar-refractivity contribution in [3.8, 4) is 5.75 Å². The minimum Gasteiger partial charge on any atom is -0.493 e. The molecule has 0 heterocycles. The first-order valence-electron chi connectivity index (χ1n) is 5.79. The Morgan fingerprint density at radius 3 is 2.67 bits per heavy atom. The fourth-order valence-corrected chi connectivity index (χ4v) is 1.90. The summed E-state index contributed by atoms with van der Waals surface area (Å²) in [5, 5.41) is 0. The summed E-state index contributed by atoms with van der Waals surface area (Å²) < 4.78 is 5.85. The second kappa shape index (κ2) is 3.24. The maximum Gasteiger partial charge on any atom is 0.124 e. The van der Waals surface area contributed by atoms with E-state index in [4.69, 9.17) is 10.5 Å². The van der Waals surface area contributed by atoms with Gasteiger partial charge in [-0.05, 0) is 37.7 Å². The molecule has 0 spiro atoms. The summed E-state index contributed by atoms with van der Waals surface area (Å²) in [4.78, 5) is 0. The minimum absolute atomic E-state index is 0.0832. The van der Waals surface area contributed by atoms with E-state index in [1.54, 1.807) is 0 Å². The number of nitrogens with two attached hydrogens (primary N) is 1. The van der Waals surface area contributed by atoms with E-state index in [-0.39, 0.29) is 5.54 Å². The van der Waals surface area contributed by atoms with Crippen LogP contribution in [0.5, 0.6) is 5.75 Å². The molecule has 0 aliphatic heterocycles. The number of para-hydroxylation sites is 1. The lowest BCUT2D eigenvalue weighted by atomic mass is 10.0. The fourth-order valence-electron chi connectivity index (χ4n) is 1.90. The van der Waals surface area contributed by atoms with Gasteiger partial charge < -0.3 is 10.5 Å². The van der Waals surface area contributed by atoms with Crippen molar-refractivity contribution < 1.29 is 4.74 Å². The Labute approximate surface area is 90.4 Å². The Kier molecular flexibility index (Phi) is 1.99. The van der Waals surface area contributed by atoms with Gasteiger partial charge in [-0.1, -0.05) is 18.2 Å². The van der Waals surface area contributed by atoms with Gasteiger partial charge in [0.2, 0.25) is 0 Å². The molecule has 1 aromatic carbocycles. The first kappa shape index (κ1) is 9.22. The van der Waals surface area contributed by atoms with Gasteiger partial charge in [-0.2, -0.15) is 0 Å². The van der Waals surface area contributed by atoms with Gasteiger partial charge in [0.05, 0.1) is 6.61 Å². The van der Waals surface area contributed by atoms with E-state index in [0.29, 0.717) is 0 Å². The maximum atomic E-state index is 6.21. The van der Waals surface area contributed by atoms with E-state index in [9.17, 15) is 0 Å². The molecule has 3 rings (SSSR count). The SMILES string of the molecule is NC1(c2ccccc2OCC2CC2)CC1. The van der Waals surface area contributed by atoms with Crippen LogP contribution in [0.4, 0.5) is 0 Å². The first-order chi connectivity index (χ1) is 7.28. The van der Waals surface area contributed by atoms with Crippen molar-refractivity contribution >= 4 is 0 Å². The summed E-state index contributed by atoms with van der Waals surface area (Å²) in [7, 11) is 0. The number of benzene rings is 1. The average molecular weight is 203 g/mol. The summed E-state index contributed by atoms with van der Waals surface area (Å²) in [5.41, 5.74) is 7.33. The summed E-state index contributed by atoms with van der Waals surface area (Å²) in [6.45, 7) is 0.868. The number of hydrogen-bond donors (Lipinski definition) is 1. The standard InChI is InChI=1S/C13H17NO/c14-13(7-8-13)11-3-1-2-4-12(11)15-9-10-5-6-10/h1-4,10H,5-9,14H2. The molecule has 0 unspecified atom stereocenters. The lowest BCUT2D eigenvalue weighted by Gasteiger charge is -2.15. The van der Waals surface area contributed by atoms with Crippen LogP contribution in [0.1, 0.15) is 31.2 Å². The zero-order valence-corrected chi connectivity index (χ0v) is 8.91. The Balaban J connectivity index is 1.78. The van der Waals surface area contributed by atoms with Gasteiger partial charge in [-0.3, -0.25) is 0 Å². The molecule has 0 aromatic heterocycles. The smallest absolute Gasteiger partial charge is 0.124 e. The molecule has 2 nitrogen and oxygen atoms in total. The van der Waals surface area contributed by atoms with Crippen LogP contribution in [0.25, 0.3) is 0 Å². The molecule has 2 saturated carbocycles. The van der Waals surface area contributed by atoms with Crippen LogP contribution in [-0.2, 0) is 5.54 Å². The molecule has 0 atom stereocenters. The average Bonchev–Trinajstić information content (AvgIpc) is 3.13. The van der Waals surface area contributed by atoms with Crippen LogP contribution in [-0.4, -0.2) is 6.61 Å². The second-order valence-electron chi connectivity index (χ2n) is 4.91. The molecular formula is C13H17NO. The third kappa shape index (κ3) is 1.86.